The van der Waals surface area contributed by atoms with Gasteiger partial charge in [0.15, 0.2) is 5.78 Å². The highest BCUT2D eigenvalue weighted by atomic mass is 16.4. The molecule has 0 heterocycles. The number of carboxylic acid groups (broad SMARTS) is 1. The van der Waals surface area contributed by atoms with Gasteiger partial charge in [-0.15, -0.1) is 0 Å². The Morgan fingerprint density at radius 2 is 2.31 bits per heavy atom. The summed E-state index contributed by atoms with van der Waals surface area (Å²) in [4.78, 5) is 21.7. The summed E-state index contributed by atoms with van der Waals surface area (Å²) >= 11 is 0. The Morgan fingerprint density at radius 3 is 2.69 bits per heavy atom. The normalized spacial score (nSPS) is 30.2. The van der Waals surface area contributed by atoms with Crippen LogP contribution in [0.5, 0.6) is 0 Å². The summed E-state index contributed by atoms with van der Waals surface area (Å²) in [5, 5.41) is 8.85. The van der Waals surface area contributed by atoms with Crippen molar-refractivity contribution in [2.24, 2.45) is 11.3 Å². The molecule has 1 aliphatic carbocycles. The van der Waals surface area contributed by atoms with Crippen LogP contribution in [0.15, 0.2) is 12.2 Å². The number of hydrogen-bond donors (Lipinski definition) is 1. The molecule has 0 amide bonds. The molecule has 2 unspecified atom stereocenters. The van der Waals surface area contributed by atoms with Gasteiger partial charge in [-0.05, 0) is 17.9 Å². The molecule has 0 radical (unpaired) electrons. The average molecular weight is 182 g/mol. The molecule has 2 atom stereocenters. The molecule has 3 nitrogen and oxygen atoms in total. The molecule has 0 saturated carbocycles. The van der Waals surface area contributed by atoms with Gasteiger partial charge in [-0.25, -0.2) is 0 Å². The molecule has 1 aliphatic rings. The molecule has 0 aromatic heterocycles. The Hall–Kier alpha value is -1.12. The van der Waals surface area contributed by atoms with E-state index < -0.39 is 11.9 Å². The van der Waals surface area contributed by atoms with Gasteiger partial charge in [0.1, 0.15) is 0 Å². The predicted molar refractivity (Wildman–Crippen MR) is 48.3 cm³/mol. The Balaban J connectivity index is 2.83. The number of hydrogen-bond acceptors (Lipinski definition) is 2. The van der Waals surface area contributed by atoms with Crippen molar-refractivity contribution in [3.63, 3.8) is 0 Å². The first-order chi connectivity index (χ1) is 5.96. The molecule has 0 aromatic carbocycles. The van der Waals surface area contributed by atoms with E-state index in [0.29, 0.717) is 12.8 Å². The first-order valence-electron chi connectivity index (χ1n) is 4.40. The fraction of sp³-hybridized carbons (Fsp3) is 0.600. The summed E-state index contributed by atoms with van der Waals surface area (Å²) in [6, 6.07) is 0. The molecule has 1 N–H and O–H groups in total. The van der Waals surface area contributed by atoms with Crippen LogP contribution in [-0.4, -0.2) is 16.9 Å². The number of carboxylic acids is 1. The maximum atomic E-state index is 10.9. The van der Waals surface area contributed by atoms with Crippen LogP contribution in [0.2, 0.25) is 0 Å². The maximum Gasteiger partial charge on any atom is 0.307 e. The second-order valence-corrected chi connectivity index (χ2v) is 3.87. The van der Waals surface area contributed by atoms with Crippen molar-refractivity contribution in [1.29, 1.82) is 0 Å². The third kappa shape index (κ3) is 1.97. The first-order valence-corrected chi connectivity index (χ1v) is 4.40. The number of ketones is 1. The highest BCUT2D eigenvalue weighted by molar-refractivity contribution is 5.91. The van der Waals surface area contributed by atoms with E-state index in [1.165, 1.54) is 6.08 Å². The van der Waals surface area contributed by atoms with Gasteiger partial charge in [0, 0.05) is 6.42 Å². The zero-order valence-electron chi connectivity index (χ0n) is 7.91. The molecule has 3 heteroatoms. The molecule has 0 aliphatic heterocycles. The SMILES string of the molecule is CC(C(=O)O)C1(C)C=CC(=O)CC1. The van der Waals surface area contributed by atoms with Crippen molar-refractivity contribution in [2.45, 2.75) is 26.7 Å². The lowest BCUT2D eigenvalue weighted by Gasteiger charge is -2.32. The lowest BCUT2D eigenvalue weighted by molar-refractivity contribution is -0.144. The van der Waals surface area contributed by atoms with Gasteiger partial charge in [-0.3, -0.25) is 9.59 Å². The third-order valence-electron chi connectivity index (χ3n) is 2.92. The molecular formula is C10H14O3. The zero-order chi connectivity index (χ0) is 10.1. The van der Waals surface area contributed by atoms with Gasteiger partial charge in [-0.1, -0.05) is 19.9 Å². The Kier molecular flexibility index (Phi) is 2.55. The van der Waals surface area contributed by atoms with Crippen molar-refractivity contribution in [2.75, 3.05) is 0 Å². The second kappa shape index (κ2) is 3.32. The Morgan fingerprint density at radius 1 is 1.69 bits per heavy atom. The quantitative estimate of drug-likeness (QED) is 0.706. The fourth-order valence-corrected chi connectivity index (χ4v) is 1.49. The first kappa shape index (κ1) is 9.96. The van der Waals surface area contributed by atoms with Crippen molar-refractivity contribution in [3.05, 3.63) is 12.2 Å². The number of rotatable bonds is 2. The standard InChI is InChI=1S/C10H14O3/c1-7(9(12)13)10(2)5-3-8(11)4-6-10/h3,5,7H,4,6H2,1-2H3,(H,12,13). The van der Waals surface area contributed by atoms with Crippen LogP contribution in [0.1, 0.15) is 26.7 Å². The predicted octanol–water partition coefficient (Wildman–Crippen LogP) is 1.63. The molecule has 0 fully saturated rings. The molecular weight excluding hydrogens is 168 g/mol. The summed E-state index contributed by atoms with van der Waals surface area (Å²) in [5.41, 5.74) is -0.361. The van der Waals surface area contributed by atoms with Crippen LogP contribution in [0.4, 0.5) is 0 Å². The van der Waals surface area contributed by atoms with Crippen LogP contribution in [0, 0.1) is 11.3 Å². The summed E-state index contributed by atoms with van der Waals surface area (Å²) in [6.07, 6.45) is 4.33. The lowest BCUT2D eigenvalue weighted by Crippen LogP contribution is -2.32. The summed E-state index contributed by atoms with van der Waals surface area (Å²) < 4.78 is 0. The molecule has 72 valence electrons. The highest BCUT2D eigenvalue weighted by Gasteiger charge is 2.35. The molecule has 0 saturated heterocycles. The van der Waals surface area contributed by atoms with Crippen LogP contribution in [-0.2, 0) is 9.59 Å². The minimum atomic E-state index is -0.804. The van der Waals surface area contributed by atoms with E-state index in [0.717, 1.165) is 0 Å². The molecule has 1 rings (SSSR count). The maximum absolute atomic E-state index is 10.9. The molecule has 13 heavy (non-hydrogen) atoms. The van der Waals surface area contributed by atoms with Gasteiger partial charge >= 0.3 is 5.97 Å². The largest absolute Gasteiger partial charge is 0.481 e. The minimum Gasteiger partial charge on any atom is -0.481 e. The number of aliphatic carboxylic acids is 1. The van der Waals surface area contributed by atoms with Crippen LogP contribution >= 0.6 is 0 Å². The van der Waals surface area contributed by atoms with Crippen molar-refractivity contribution >= 4 is 11.8 Å². The second-order valence-electron chi connectivity index (χ2n) is 3.87. The van der Waals surface area contributed by atoms with E-state index in [-0.39, 0.29) is 11.2 Å². The lowest BCUT2D eigenvalue weighted by atomic mass is 9.71. The topological polar surface area (TPSA) is 54.4 Å². The molecule has 0 bridgehead atoms. The van der Waals surface area contributed by atoms with E-state index in [4.69, 9.17) is 5.11 Å². The molecule has 0 aromatic rings. The molecule has 0 spiro atoms. The minimum absolute atomic E-state index is 0.0927. The van der Waals surface area contributed by atoms with Gasteiger partial charge in [0.05, 0.1) is 5.92 Å². The van der Waals surface area contributed by atoms with Crippen molar-refractivity contribution < 1.29 is 14.7 Å². The van der Waals surface area contributed by atoms with Gasteiger partial charge in [0.25, 0.3) is 0 Å². The van der Waals surface area contributed by atoms with E-state index in [1.807, 2.05) is 6.92 Å². The van der Waals surface area contributed by atoms with Gasteiger partial charge in [-0.2, -0.15) is 0 Å². The summed E-state index contributed by atoms with van der Waals surface area (Å²) in [5.74, 6) is -1.14. The van der Waals surface area contributed by atoms with Crippen LogP contribution < -0.4 is 0 Å². The summed E-state index contributed by atoms with van der Waals surface area (Å²) in [6.45, 7) is 3.57. The zero-order valence-corrected chi connectivity index (χ0v) is 7.91. The van der Waals surface area contributed by atoms with E-state index in [1.54, 1.807) is 13.0 Å². The monoisotopic (exact) mass is 182 g/mol. The smallest absolute Gasteiger partial charge is 0.307 e. The van der Waals surface area contributed by atoms with Crippen molar-refractivity contribution in [3.8, 4) is 0 Å². The Labute approximate surface area is 77.4 Å². The van der Waals surface area contributed by atoms with Gasteiger partial charge in [0.2, 0.25) is 0 Å². The van der Waals surface area contributed by atoms with Crippen LogP contribution in [0.3, 0.4) is 0 Å². The number of allylic oxidation sites excluding steroid dienone is 2. The summed E-state index contributed by atoms with van der Waals surface area (Å²) in [7, 11) is 0. The number of carbonyl (C=O) groups is 2. The van der Waals surface area contributed by atoms with E-state index >= 15 is 0 Å². The van der Waals surface area contributed by atoms with Crippen LogP contribution in [0.25, 0.3) is 0 Å². The fourth-order valence-electron chi connectivity index (χ4n) is 1.49. The van der Waals surface area contributed by atoms with Gasteiger partial charge < -0.3 is 5.11 Å². The Bertz CT molecular complexity index is 267. The van der Waals surface area contributed by atoms with E-state index in [9.17, 15) is 9.59 Å². The highest BCUT2D eigenvalue weighted by Crippen LogP contribution is 2.36. The van der Waals surface area contributed by atoms with E-state index in [2.05, 4.69) is 0 Å². The number of carbonyl (C=O) groups excluding carboxylic acids is 1. The van der Waals surface area contributed by atoms with Crippen molar-refractivity contribution in [1.82, 2.24) is 0 Å². The third-order valence-corrected chi connectivity index (χ3v) is 2.92. The average Bonchev–Trinajstić information content (AvgIpc) is 2.09.